The second-order valence-electron chi connectivity index (χ2n) is 3.17. The molecule has 0 unspecified atom stereocenters. The maximum absolute atomic E-state index is 13.1. The molecule has 0 fully saturated rings. The van der Waals surface area contributed by atoms with E-state index in [1.54, 1.807) is 12.1 Å². The molecule has 0 bridgehead atoms. The molecule has 0 aliphatic heterocycles. The van der Waals surface area contributed by atoms with Crippen molar-refractivity contribution in [1.82, 2.24) is 0 Å². The highest BCUT2D eigenvalue weighted by atomic mass is 19.1. The largest absolute Gasteiger partial charge is 0.330 e. The molecular formula is C12H13FN2. The highest BCUT2D eigenvalue weighted by molar-refractivity contribution is 5.50. The molecule has 0 radical (unpaired) electrons. The zero-order valence-corrected chi connectivity index (χ0v) is 8.41. The number of hydrogen-bond acceptors (Lipinski definition) is 2. The Hall–Kier alpha value is -1.66. The van der Waals surface area contributed by atoms with Crippen molar-refractivity contribution >= 4 is 6.08 Å². The molecule has 2 nitrogen and oxygen atoms in total. The Morgan fingerprint density at radius 2 is 2.27 bits per heavy atom. The molecule has 0 heterocycles. The maximum Gasteiger partial charge on any atom is 0.127 e. The van der Waals surface area contributed by atoms with Crippen LogP contribution in [0.2, 0.25) is 0 Å². The molecule has 0 amide bonds. The van der Waals surface area contributed by atoms with Gasteiger partial charge in [0.1, 0.15) is 5.82 Å². The number of rotatable bonds is 4. The standard InChI is InChI=1S/C12H13FN2/c13-12-5-4-10(3-1-2-7-14)9-11(12)6-8-15/h1,3-5,9H,2,6-7,14H2. The monoisotopic (exact) mass is 204 g/mol. The van der Waals surface area contributed by atoms with Crippen LogP contribution in [0, 0.1) is 17.1 Å². The first-order valence-corrected chi connectivity index (χ1v) is 4.80. The Balaban J connectivity index is 2.83. The summed E-state index contributed by atoms with van der Waals surface area (Å²) in [5, 5.41) is 8.50. The van der Waals surface area contributed by atoms with Crippen molar-refractivity contribution in [2.45, 2.75) is 12.8 Å². The maximum atomic E-state index is 13.1. The first-order chi connectivity index (χ1) is 7.27. The zero-order valence-electron chi connectivity index (χ0n) is 8.41. The molecule has 0 spiro atoms. The number of nitrogens with zero attached hydrogens (tertiary/aromatic N) is 1. The Kier molecular flexibility index (Phi) is 4.52. The SMILES string of the molecule is N#CCc1cc(C=CCCN)ccc1F. The summed E-state index contributed by atoms with van der Waals surface area (Å²) in [5.41, 5.74) is 6.68. The fraction of sp³-hybridized carbons (Fsp3) is 0.250. The van der Waals surface area contributed by atoms with Crippen molar-refractivity contribution in [1.29, 1.82) is 5.26 Å². The van der Waals surface area contributed by atoms with Gasteiger partial charge in [-0.15, -0.1) is 0 Å². The van der Waals surface area contributed by atoms with Gasteiger partial charge in [-0.1, -0.05) is 18.2 Å². The lowest BCUT2D eigenvalue weighted by atomic mass is 10.1. The van der Waals surface area contributed by atoms with Crippen molar-refractivity contribution in [2.75, 3.05) is 6.54 Å². The first kappa shape index (κ1) is 11.4. The van der Waals surface area contributed by atoms with E-state index < -0.39 is 0 Å². The van der Waals surface area contributed by atoms with Crippen LogP contribution in [-0.2, 0) is 6.42 Å². The quantitative estimate of drug-likeness (QED) is 0.817. The molecule has 3 heteroatoms. The van der Waals surface area contributed by atoms with E-state index in [-0.39, 0.29) is 12.2 Å². The lowest BCUT2D eigenvalue weighted by Crippen LogP contribution is -1.95. The normalized spacial score (nSPS) is 10.5. The lowest BCUT2D eigenvalue weighted by Gasteiger charge is -1.99. The van der Waals surface area contributed by atoms with Gasteiger partial charge in [0.25, 0.3) is 0 Å². The van der Waals surface area contributed by atoms with E-state index in [1.165, 1.54) is 6.07 Å². The van der Waals surface area contributed by atoms with Crippen molar-refractivity contribution in [3.8, 4) is 6.07 Å². The summed E-state index contributed by atoms with van der Waals surface area (Å²) < 4.78 is 13.1. The van der Waals surface area contributed by atoms with Gasteiger partial charge in [-0.3, -0.25) is 0 Å². The summed E-state index contributed by atoms with van der Waals surface area (Å²) in [4.78, 5) is 0. The van der Waals surface area contributed by atoms with Crippen LogP contribution in [0.15, 0.2) is 24.3 Å². The average Bonchev–Trinajstić information content (AvgIpc) is 2.23. The van der Waals surface area contributed by atoms with E-state index in [0.29, 0.717) is 12.1 Å². The first-order valence-electron chi connectivity index (χ1n) is 4.80. The van der Waals surface area contributed by atoms with Crippen LogP contribution in [-0.4, -0.2) is 6.54 Å². The summed E-state index contributed by atoms with van der Waals surface area (Å²) >= 11 is 0. The van der Waals surface area contributed by atoms with Crippen LogP contribution in [0.1, 0.15) is 17.5 Å². The van der Waals surface area contributed by atoms with Crippen molar-refractivity contribution in [2.24, 2.45) is 5.73 Å². The van der Waals surface area contributed by atoms with Gasteiger partial charge in [0.2, 0.25) is 0 Å². The van der Waals surface area contributed by atoms with E-state index in [0.717, 1.165) is 12.0 Å². The molecule has 0 aliphatic rings. The molecule has 0 atom stereocenters. The predicted octanol–water partition coefficient (Wildman–Crippen LogP) is 2.25. The molecule has 0 aliphatic carbocycles. The van der Waals surface area contributed by atoms with E-state index in [1.807, 2.05) is 18.2 Å². The van der Waals surface area contributed by atoms with Gasteiger partial charge in [-0.25, -0.2) is 4.39 Å². The van der Waals surface area contributed by atoms with Gasteiger partial charge in [-0.05, 0) is 30.7 Å². The van der Waals surface area contributed by atoms with Crippen LogP contribution in [0.4, 0.5) is 4.39 Å². The molecule has 1 aromatic rings. The minimum absolute atomic E-state index is 0.102. The third-order valence-corrected chi connectivity index (χ3v) is 1.98. The summed E-state index contributed by atoms with van der Waals surface area (Å²) in [5.74, 6) is -0.326. The molecule has 2 N–H and O–H groups in total. The molecule has 0 saturated carbocycles. The molecule has 0 aromatic heterocycles. The summed E-state index contributed by atoms with van der Waals surface area (Å²) in [6, 6.07) is 6.69. The second-order valence-corrected chi connectivity index (χ2v) is 3.17. The van der Waals surface area contributed by atoms with Gasteiger partial charge in [0.05, 0.1) is 12.5 Å². The number of halogens is 1. The van der Waals surface area contributed by atoms with Crippen LogP contribution in [0.3, 0.4) is 0 Å². The van der Waals surface area contributed by atoms with Crippen LogP contribution < -0.4 is 5.73 Å². The van der Waals surface area contributed by atoms with Gasteiger partial charge >= 0.3 is 0 Å². The Bertz CT molecular complexity index is 391. The third-order valence-electron chi connectivity index (χ3n) is 1.98. The molecular weight excluding hydrogens is 191 g/mol. The second kappa shape index (κ2) is 5.94. The molecule has 15 heavy (non-hydrogen) atoms. The molecule has 1 rings (SSSR count). The number of nitrogens with two attached hydrogens (primary N) is 1. The van der Waals surface area contributed by atoms with Crippen molar-refractivity contribution in [3.63, 3.8) is 0 Å². The zero-order chi connectivity index (χ0) is 11.1. The third kappa shape index (κ3) is 3.53. The minimum atomic E-state index is -0.326. The van der Waals surface area contributed by atoms with Gasteiger partial charge in [-0.2, -0.15) is 5.26 Å². The van der Waals surface area contributed by atoms with Gasteiger partial charge in [0.15, 0.2) is 0 Å². The van der Waals surface area contributed by atoms with Gasteiger partial charge < -0.3 is 5.73 Å². The van der Waals surface area contributed by atoms with Crippen molar-refractivity contribution in [3.05, 3.63) is 41.2 Å². The summed E-state index contributed by atoms with van der Waals surface area (Å²) in [6.45, 7) is 0.600. The van der Waals surface area contributed by atoms with E-state index in [4.69, 9.17) is 11.0 Å². The van der Waals surface area contributed by atoms with E-state index in [9.17, 15) is 4.39 Å². The average molecular weight is 204 g/mol. The lowest BCUT2D eigenvalue weighted by molar-refractivity contribution is 0.615. The number of nitriles is 1. The highest BCUT2D eigenvalue weighted by Crippen LogP contribution is 2.12. The van der Waals surface area contributed by atoms with Crippen LogP contribution in [0.25, 0.3) is 6.08 Å². The summed E-state index contributed by atoms with van der Waals surface area (Å²) in [6.07, 6.45) is 4.71. The Labute approximate surface area is 88.8 Å². The summed E-state index contributed by atoms with van der Waals surface area (Å²) in [7, 11) is 0. The fourth-order valence-corrected chi connectivity index (χ4v) is 1.23. The Morgan fingerprint density at radius 1 is 1.47 bits per heavy atom. The smallest absolute Gasteiger partial charge is 0.127 e. The molecule has 1 aromatic carbocycles. The minimum Gasteiger partial charge on any atom is -0.330 e. The fourth-order valence-electron chi connectivity index (χ4n) is 1.23. The Morgan fingerprint density at radius 3 is 2.93 bits per heavy atom. The van der Waals surface area contributed by atoms with Gasteiger partial charge in [0, 0.05) is 5.56 Å². The molecule has 0 saturated heterocycles. The van der Waals surface area contributed by atoms with Crippen LogP contribution in [0.5, 0.6) is 0 Å². The van der Waals surface area contributed by atoms with E-state index >= 15 is 0 Å². The topological polar surface area (TPSA) is 49.8 Å². The molecule has 78 valence electrons. The van der Waals surface area contributed by atoms with Crippen LogP contribution >= 0.6 is 0 Å². The number of benzene rings is 1. The van der Waals surface area contributed by atoms with E-state index in [2.05, 4.69) is 0 Å². The number of hydrogen-bond donors (Lipinski definition) is 1. The van der Waals surface area contributed by atoms with Crippen molar-refractivity contribution < 1.29 is 4.39 Å². The predicted molar refractivity (Wildman–Crippen MR) is 58.4 cm³/mol. The highest BCUT2D eigenvalue weighted by Gasteiger charge is 2.01.